The van der Waals surface area contributed by atoms with Gasteiger partial charge in [0.25, 0.3) is 0 Å². The molecule has 128 valence electrons. The highest BCUT2D eigenvalue weighted by Crippen LogP contribution is 2.31. The monoisotopic (exact) mass is 344 g/mol. The summed E-state index contributed by atoms with van der Waals surface area (Å²) in [6.07, 6.45) is -3.73. The molecule has 0 aliphatic carbocycles. The number of aldehydes is 1. The van der Waals surface area contributed by atoms with Gasteiger partial charge in [0.2, 0.25) is 0 Å². The van der Waals surface area contributed by atoms with Crippen molar-refractivity contribution in [2.75, 3.05) is 0 Å². The van der Waals surface area contributed by atoms with E-state index in [0.29, 0.717) is 29.9 Å². The van der Waals surface area contributed by atoms with Crippen LogP contribution in [0.3, 0.4) is 0 Å². The molecule has 1 aromatic heterocycles. The van der Waals surface area contributed by atoms with E-state index in [0.717, 1.165) is 17.7 Å². The topological polar surface area (TPSA) is 34.9 Å². The fourth-order valence-electron chi connectivity index (χ4n) is 2.65. The van der Waals surface area contributed by atoms with Crippen LogP contribution in [-0.2, 0) is 12.7 Å². The molecule has 0 N–H and O–H groups in total. The number of imidazole rings is 1. The zero-order chi connectivity index (χ0) is 18.0. The van der Waals surface area contributed by atoms with E-state index in [1.165, 1.54) is 12.1 Å². The van der Waals surface area contributed by atoms with Crippen LogP contribution in [0.15, 0.2) is 54.6 Å². The van der Waals surface area contributed by atoms with Gasteiger partial charge in [-0.05, 0) is 24.6 Å². The Bertz CT molecular complexity index is 882. The number of carbonyl (C=O) groups excluding carboxylic acids is 1. The molecule has 0 fully saturated rings. The van der Waals surface area contributed by atoms with Gasteiger partial charge >= 0.3 is 6.18 Å². The van der Waals surface area contributed by atoms with Crippen LogP contribution in [0.5, 0.6) is 0 Å². The highest BCUT2D eigenvalue weighted by molar-refractivity contribution is 5.76. The maximum absolute atomic E-state index is 12.7. The molecule has 0 bridgehead atoms. The molecule has 3 nitrogen and oxygen atoms in total. The van der Waals surface area contributed by atoms with Crippen LogP contribution in [-0.4, -0.2) is 15.8 Å². The first kappa shape index (κ1) is 17.0. The van der Waals surface area contributed by atoms with Gasteiger partial charge in [0, 0.05) is 17.8 Å². The molecule has 0 spiro atoms. The van der Waals surface area contributed by atoms with Crippen molar-refractivity contribution in [3.05, 3.63) is 77.1 Å². The predicted octanol–water partition coefficient (Wildman–Crippen LogP) is 4.74. The summed E-state index contributed by atoms with van der Waals surface area (Å²) in [5.41, 5.74) is 1.78. The van der Waals surface area contributed by atoms with Crippen molar-refractivity contribution in [2.45, 2.75) is 19.6 Å². The zero-order valence-corrected chi connectivity index (χ0v) is 13.4. The van der Waals surface area contributed by atoms with E-state index in [4.69, 9.17) is 0 Å². The normalized spacial score (nSPS) is 11.5. The Hall–Kier alpha value is -2.89. The standard InChI is InChI=1S/C19H15F3N2O/c1-13-17(12-25)23-18(24(13)11-14-5-3-2-4-6-14)15-7-9-16(10-8-15)19(20,21)22/h2-10,12H,11H2,1H3. The summed E-state index contributed by atoms with van der Waals surface area (Å²) in [6.45, 7) is 2.25. The molecule has 0 aliphatic rings. The van der Waals surface area contributed by atoms with Crippen molar-refractivity contribution < 1.29 is 18.0 Å². The van der Waals surface area contributed by atoms with Gasteiger partial charge < -0.3 is 4.57 Å². The molecule has 3 aromatic rings. The first-order valence-electron chi connectivity index (χ1n) is 7.64. The largest absolute Gasteiger partial charge is 0.416 e. The number of benzene rings is 2. The Morgan fingerprint density at radius 1 is 1.04 bits per heavy atom. The quantitative estimate of drug-likeness (QED) is 0.641. The van der Waals surface area contributed by atoms with Crippen molar-refractivity contribution in [3.63, 3.8) is 0 Å². The van der Waals surface area contributed by atoms with Gasteiger partial charge in [-0.1, -0.05) is 42.5 Å². The van der Waals surface area contributed by atoms with E-state index in [1.54, 1.807) is 6.92 Å². The molecule has 0 unspecified atom stereocenters. The maximum atomic E-state index is 12.7. The number of nitrogens with zero attached hydrogens (tertiary/aromatic N) is 2. The number of carbonyl (C=O) groups is 1. The number of hydrogen-bond acceptors (Lipinski definition) is 2. The molecule has 0 saturated carbocycles. The SMILES string of the molecule is Cc1c(C=O)nc(-c2ccc(C(F)(F)F)cc2)n1Cc1ccccc1. The van der Waals surface area contributed by atoms with Gasteiger partial charge in [0.05, 0.1) is 5.56 Å². The van der Waals surface area contributed by atoms with E-state index in [-0.39, 0.29) is 5.69 Å². The average molecular weight is 344 g/mol. The van der Waals surface area contributed by atoms with Gasteiger partial charge in [-0.15, -0.1) is 0 Å². The third kappa shape index (κ3) is 3.47. The Kier molecular flexibility index (Phi) is 4.44. The van der Waals surface area contributed by atoms with E-state index in [2.05, 4.69) is 4.98 Å². The van der Waals surface area contributed by atoms with E-state index in [9.17, 15) is 18.0 Å². The predicted molar refractivity (Wildman–Crippen MR) is 88.3 cm³/mol. The highest BCUT2D eigenvalue weighted by Gasteiger charge is 2.30. The van der Waals surface area contributed by atoms with Crippen LogP contribution in [0.4, 0.5) is 13.2 Å². The molecule has 25 heavy (non-hydrogen) atoms. The molecule has 0 saturated heterocycles. The molecule has 0 radical (unpaired) electrons. The minimum Gasteiger partial charge on any atom is -0.323 e. The van der Waals surface area contributed by atoms with Gasteiger partial charge in [-0.2, -0.15) is 13.2 Å². The second kappa shape index (κ2) is 6.55. The number of alkyl halides is 3. The third-order valence-corrected chi connectivity index (χ3v) is 4.02. The summed E-state index contributed by atoms with van der Waals surface area (Å²) in [4.78, 5) is 15.5. The number of rotatable bonds is 4. The Balaban J connectivity index is 2.05. The zero-order valence-electron chi connectivity index (χ0n) is 13.4. The lowest BCUT2D eigenvalue weighted by atomic mass is 10.1. The van der Waals surface area contributed by atoms with Gasteiger partial charge in [0.15, 0.2) is 6.29 Å². The average Bonchev–Trinajstić information content (AvgIpc) is 2.91. The number of halogens is 3. The van der Waals surface area contributed by atoms with Gasteiger partial charge in [-0.25, -0.2) is 4.98 Å². The van der Waals surface area contributed by atoms with Crippen LogP contribution >= 0.6 is 0 Å². The first-order valence-corrected chi connectivity index (χ1v) is 7.64. The summed E-state index contributed by atoms with van der Waals surface area (Å²) in [6, 6.07) is 14.4. The van der Waals surface area contributed by atoms with Crippen LogP contribution < -0.4 is 0 Å². The van der Waals surface area contributed by atoms with Crippen LogP contribution in [0, 0.1) is 6.92 Å². The Labute approximate surface area is 142 Å². The van der Waals surface area contributed by atoms with Crippen molar-refractivity contribution in [3.8, 4) is 11.4 Å². The third-order valence-electron chi connectivity index (χ3n) is 4.02. The minimum absolute atomic E-state index is 0.283. The van der Waals surface area contributed by atoms with Crippen LogP contribution in [0.2, 0.25) is 0 Å². The van der Waals surface area contributed by atoms with E-state index in [1.807, 2.05) is 34.9 Å². The number of hydrogen-bond donors (Lipinski definition) is 0. The molecule has 2 aromatic carbocycles. The number of aromatic nitrogens is 2. The second-order valence-corrected chi connectivity index (χ2v) is 5.67. The molecule has 0 amide bonds. The van der Waals surface area contributed by atoms with Crippen molar-refractivity contribution in [1.29, 1.82) is 0 Å². The summed E-state index contributed by atoms with van der Waals surface area (Å²) in [5, 5.41) is 0. The summed E-state index contributed by atoms with van der Waals surface area (Å²) in [7, 11) is 0. The summed E-state index contributed by atoms with van der Waals surface area (Å²) < 4.78 is 40.1. The lowest BCUT2D eigenvalue weighted by Gasteiger charge is -2.11. The smallest absolute Gasteiger partial charge is 0.323 e. The van der Waals surface area contributed by atoms with Gasteiger partial charge in [-0.3, -0.25) is 4.79 Å². The minimum atomic E-state index is -4.39. The molecule has 0 aliphatic heterocycles. The molecule has 6 heteroatoms. The molecule has 0 atom stereocenters. The fraction of sp³-hybridized carbons (Fsp3) is 0.158. The lowest BCUT2D eigenvalue weighted by Crippen LogP contribution is -2.06. The maximum Gasteiger partial charge on any atom is 0.416 e. The van der Waals surface area contributed by atoms with Gasteiger partial charge in [0.1, 0.15) is 11.5 Å². The van der Waals surface area contributed by atoms with E-state index < -0.39 is 11.7 Å². The molecular weight excluding hydrogens is 329 g/mol. The Morgan fingerprint density at radius 3 is 2.24 bits per heavy atom. The van der Waals surface area contributed by atoms with Crippen molar-refractivity contribution in [2.24, 2.45) is 0 Å². The lowest BCUT2D eigenvalue weighted by molar-refractivity contribution is -0.137. The highest BCUT2D eigenvalue weighted by atomic mass is 19.4. The van der Waals surface area contributed by atoms with E-state index >= 15 is 0 Å². The van der Waals surface area contributed by atoms with Crippen LogP contribution in [0.1, 0.15) is 27.3 Å². The fourth-order valence-corrected chi connectivity index (χ4v) is 2.65. The van der Waals surface area contributed by atoms with Crippen LogP contribution in [0.25, 0.3) is 11.4 Å². The molecule has 1 heterocycles. The molecule has 3 rings (SSSR count). The summed E-state index contributed by atoms with van der Waals surface area (Å²) >= 11 is 0. The Morgan fingerprint density at radius 2 is 1.68 bits per heavy atom. The molecular formula is C19H15F3N2O. The summed E-state index contributed by atoms with van der Waals surface area (Å²) in [5.74, 6) is 0.470. The van der Waals surface area contributed by atoms with Crippen molar-refractivity contribution in [1.82, 2.24) is 9.55 Å². The first-order chi connectivity index (χ1) is 11.9. The van der Waals surface area contributed by atoms with Crippen molar-refractivity contribution >= 4 is 6.29 Å². The second-order valence-electron chi connectivity index (χ2n) is 5.67.